The first-order chi connectivity index (χ1) is 6.13. The maximum atomic E-state index is 9.95. The van der Waals surface area contributed by atoms with E-state index in [1.54, 1.807) is 0 Å². The zero-order chi connectivity index (χ0) is 10.1. The van der Waals surface area contributed by atoms with Gasteiger partial charge in [-0.25, -0.2) is 0 Å². The summed E-state index contributed by atoms with van der Waals surface area (Å²) in [4.78, 5) is 19.9. The number of rotatable bonds is 8. The SMILES string of the molecule is O=C([O-])CCSSSCCC(=O)[O-].[Na+].[Na+]. The molecule has 4 nitrogen and oxygen atoms in total. The normalized spacial score (nSPS) is 8.53. The molecule has 0 amide bonds. The Morgan fingerprint density at radius 1 is 0.867 bits per heavy atom. The summed E-state index contributed by atoms with van der Waals surface area (Å²) in [6.45, 7) is 0. The second-order valence-electron chi connectivity index (χ2n) is 1.96. The largest absolute Gasteiger partial charge is 1.00 e. The molecule has 0 aliphatic heterocycles. The van der Waals surface area contributed by atoms with E-state index in [0.29, 0.717) is 11.5 Å². The van der Waals surface area contributed by atoms with E-state index in [1.165, 1.54) is 31.4 Å². The van der Waals surface area contributed by atoms with Crippen LogP contribution in [0.2, 0.25) is 0 Å². The van der Waals surface area contributed by atoms with E-state index in [-0.39, 0.29) is 72.0 Å². The molecule has 0 radical (unpaired) electrons. The molecular formula is C6H8Na2O4S3. The van der Waals surface area contributed by atoms with Gasteiger partial charge in [-0.05, 0) is 22.7 Å². The molecule has 0 bridgehead atoms. The van der Waals surface area contributed by atoms with Crippen molar-refractivity contribution < 1.29 is 78.9 Å². The van der Waals surface area contributed by atoms with E-state index < -0.39 is 11.9 Å². The van der Waals surface area contributed by atoms with Crippen LogP contribution in [0.25, 0.3) is 0 Å². The fourth-order valence-electron chi connectivity index (χ4n) is 0.352. The first-order valence-electron chi connectivity index (χ1n) is 3.43. The van der Waals surface area contributed by atoms with Crippen LogP contribution in [0.15, 0.2) is 0 Å². The van der Waals surface area contributed by atoms with Gasteiger partial charge >= 0.3 is 59.1 Å². The molecule has 0 aromatic rings. The van der Waals surface area contributed by atoms with E-state index in [4.69, 9.17) is 0 Å². The number of hydrogen-bond acceptors (Lipinski definition) is 7. The predicted molar refractivity (Wildman–Crippen MR) is 51.8 cm³/mol. The third kappa shape index (κ3) is 21.8. The van der Waals surface area contributed by atoms with Crippen molar-refractivity contribution in [3.8, 4) is 0 Å². The summed E-state index contributed by atoms with van der Waals surface area (Å²) in [5, 5.41) is 19.9. The van der Waals surface area contributed by atoms with Crippen molar-refractivity contribution in [2.24, 2.45) is 0 Å². The Bertz CT molecular complexity index is 164. The monoisotopic (exact) mass is 286 g/mol. The van der Waals surface area contributed by atoms with Crippen LogP contribution in [-0.4, -0.2) is 23.4 Å². The molecular weight excluding hydrogens is 278 g/mol. The minimum absolute atomic E-state index is 0. The molecule has 0 fully saturated rings. The maximum absolute atomic E-state index is 9.95. The van der Waals surface area contributed by atoms with Crippen LogP contribution in [0.3, 0.4) is 0 Å². The summed E-state index contributed by atoms with van der Waals surface area (Å²) in [6.07, 6.45) is 0.0530. The molecule has 0 saturated heterocycles. The van der Waals surface area contributed by atoms with Gasteiger partial charge in [0.2, 0.25) is 0 Å². The fourth-order valence-corrected chi connectivity index (χ4v) is 4.01. The van der Waals surface area contributed by atoms with E-state index in [0.717, 1.165) is 0 Å². The van der Waals surface area contributed by atoms with Crippen LogP contribution in [0.5, 0.6) is 0 Å². The van der Waals surface area contributed by atoms with Crippen LogP contribution in [0, 0.1) is 0 Å². The summed E-state index contributed by atoms with van der Waals surface area (Å²) < 4.78 is 0. The van der Waals surface area contributed by atoms with E-state index in [1.807, 2.05) is 0 Å². The molecule has 15 heavy (non-hydrogen) atoms. The van der Waals surface area contributed by atoms with Gasteiger partial charge in [0.1, 0.15) is 0 Å². The summed E-state index contributed by atoms with van der Waals surface area (Å²) in [5.41, 5.74) is 0. The van der Waals surface area contributed by atoms with Gasteiger partial charge in [0.25, 0.3) is 0 Å². The number of hydrogen-bond donors (Lipinski definition) is 0. The summed E-state index contributed by atoms with van der Waals surface area (Å²) in [7, 11) is 4.15. The smallest absolute Gasteiger partial charge is 0.550 e. The number of carboxylic acids is 2. The molecule has 0 rings (SSSR count). The standard InChI is InChI=1S/C6H10O4S3.2Na/c7-5(8)1-3-11-13-12-4-2-6(9)10;;/h1-4H2,(H,7,8)(H,9,10);;/q;2*+1/p-2. The van der Waals surface area contributed by atoms with Gasteiger partial charge in [-0.2, -0.15) is 0 Å². The molecule has 0 saturated carbocycles. The number of carbonyl (C=O) groups is 2. The molecule has 0 atom stereocenters. The van der Waals surface area contributed by atoms with Crippen LogP contribution < -0.4 is 69.3 Å². The zero-order valence-electron chi connectivity index (χ0n) is 8.69. The predicted octanol–water partition coefficient (Wildman–Crippen LogP) is -6.70. The Balaban J connectivity index is -0.000000720. The molecule has 9 heteroatoms. The molecule has 0 spiro atoms. The van der Waals surface area contributed by atoms with Gasteiger partial charge in [-0.1, -0.05) is 21.6 Å². The second kappa shape index (κ2) is 16.0. The van der Waals surface area contributed by atoms with Crippen LogP contribution in [0.1, 0.15) is 12.8 Å². The van der Waals surface area contributed by atoms with E-state index in [2.05, 4.69) is 0 Å². The van der Waals surface area contributed by atoms with Crippen molar-refractivity contribution >= 4 is 43.4 Å². The van der Waals surface area contributed by atoms with Gasteiger partial charge in [-0.3, -0.25) is 0 Å². The Labute approximate surface area is 144 Å². The summed E-state index contributed by atoms with van der Waals surface area (Å²) in [6, 6.07) is 0. The Kier molecular flexibility index (Phi) is 23.7. The van der Waals surface area contributed by atoms with Gasteiger partial charge in [0.05, 0.1) is 0 Å². The average molecular weight is 286 g/mol. The minimum atomic E-state index is -1.06. The molecule has 0 unspecified atom stereocenters. The van der Waals surface area contributed by atoms with Gasteiger partial charge < -0.3 is 19.8 Å². The van der Waals surface area contributed by atoms with Crippen LogP contribution in [-0.2, 0) is 9.59 Å². The third-order valence-corrected chi connectivity index (χ3v) is 5.12. The van der Waals surface area contributed by atoms with Gasteiger partial charge in [0, 0.05) is 23.4 Å². The molecule has 0 aliphatic carbocycles. The Morgan fingerprint density at radius 2 is 1.20 bits per heavy atom. The van der Waals surface area contributed by atoms with Gasteiger partial charge in [-0.15, -0.1) is 0 Å². The Morgan fingerprint density at radius 3 is 1.47 bits per heavy atom. The quantitative estimate of drug-likeness (QED) is 0.249. The maximum Gasteiger partial charge on any atom is 1.00 e. The van der Waals surface area contributed by atoms with Crippen LogP contribution >= 0.6 is 31.4 Å². The Hall–Kier alpha value is 1.99. The second-order valence-corrected chi connectivity index (χ2v) is 6.43. The molecule has 0 heterocycles. The van der Waals surface area contributed by atoms with Crippen LogP contribution in [0.4, 0.5) is 0 Å². The third-order valence-electron chi connectivity index (χ3n) is 0.875. The van der Waals surface area contributed by atoms with Crippen molar-refractivity contribution in [1.29, 1.82) is 0 Å². The minimum Gasteiger partial charge on any atom is -0.550 e. The first kappa shape index (κ1) is 22.2. The van der Waals surface area contributed by atoms with E-state index in [9.17, 15) is 19.8 Å². The molecule has 0 N–H and O–H groups in total. The first-order valence-corrected chi connectivity index (χ1v) is 7.26. The van der Waals surface area contributed by atoms with Crippen molar-refractivity contribution in [2.45, 2.75) is 12.8 Å². The number of carboxylic acid groups (broad SMARTS) is 2. The fraction of sp³-hybridized carbons (Fsp3) is 0.667. The molecule has 0 aromatic carbocycles. The summed E-state index contributed by atoms with van der Waals surface area (Å²) >= 11 is 0. The number of carbonyl (C=O) groups excluding carboxylic acids is 2. The molecule has 0 aliphatic rings. The van der Waals surface area contributed by atoms with Crippen molar-refractivity contribution in [2.75, 3.05) is 11.5 Å². The van der Waals surface area contributed by atoms with Crippen molar-refractivity contribution in [1.82, 2.24) is 0 Å². The molecule has 76 valence electrons. The average Bonchev–Trinajstić information content (AvgIpc) is 2.01. The number of aliphatic carboxylic acids is 2. The summed E-state index contributed by atoms with van der Waals surface area (Å²) in [5.74, 6) is -1.17. The van der Waals surface area contributed by atoms with E-state index >= 15 is 0 Å². The van der Waals surface area contributed by atoms with Gasteiger partial charge in [0.15, 0.2) is 0 Å². The molecule has 0 aromatic heterocycles. The topological polar surface area (TPSA) is 80.3 Å². The zero-order valence-corrected chi connectivity index (χ0v) is 15.1. The van der Waals surface area contributed by atoms with Crippen molar-refractivity contribution in [3.63, 3.8) is 0 Å². The van der Waals surface area contributed by atoms with Crippen molar-refractivity contribution in [3.05, 3.63) is 0 Å².